The molecule has 2 heterocycles. The van der Waals surface area contributed by atoms with Gasteiger partial charge in [0, 0.05) is 51.4 Å². The van der Waals surface area contributed by atoms with Gasteiger partial charge >= 0.3 is 6.03 Å². The van der Waals surface area contributed by atoms with E-state index in [2.05, 4.69) is 0 Å². The number of imide groups is 1. The maximum Gasteiger partial charge on any atom is 0.320 e. The van der Waals surface area contributed by atoms with Crippen molar-refractivity contribution in [2.24, 2.45) is 0 Å². The number of carbonyl (C=O) groups excluding carboxylic acids is 4. The minimum absolute atomic E-state index is 0.0491. The zero-order valence-corrected chi connectivity index (χ0v) is 16.9. The van der Waals surface area contributed by atoms with Crippen molar-refractivity contribution in [2.45, 2.75) is 13.8 Å². The number of fused-ring (bicyclic) bond motifs is 1. The number of non-ortho nitro benzene ring substituents is 1. The van der Waals surface area contributed by atoms with Crippen LogP contribution in [-0.2, 0) is 4.79 Å². The van der Waals surface area contributed by atoms with Crippen molar-refractivity contribution >= 4 is 29.4 Å². The number of urea groups is 1. The van der Waals surface area contributed by atoms with E-state index < -0.39 is 29.2 Å². The van der Waals surface area contributed by atoms with Crippen LogP contribution in [0.5, 0.6) is 0 Å². The van der Waals surface area contributed by atoms with Crippen LogP contribution in [0.3, 0.4) is 0 Å². The molecule has 1 saturated heterocycles. The van der Waals surface area contributed by atoms with Crippen molar-refractivity contribution in [2.75, 3.05) is 45.8 Å². The fourth-order valence-electron chi connectivity index (χ4n) is 3.61. The zero-order chi connectivity index (χ0) is 22.0. The molecular formula is C19H23N5O6. The average molecular weight is 417 g/mol. The molecule has 2 aliphatic rings. The largest absolute Gasteiger partial charge is 0.338 e. The monoisotopic (exact) mass is 417 g/mol. The van der Waals surface area contributed by atoms with Gasteiger partial charge in [0.2, 0.25) is 5.91 Å². The minimum atomic E-state index is -0.720. The maximum atomic E-state index is 12.7. The second-order valence-corrected chi connectivity index (χ2v) is 7.01. The molecule has 0 radical (unpaired) electrons. The van der Waals surface area contributed by atoms with Gasteiger partial charge in [-0.05, 0) is 19.9 Å². The van der Waals surface area contributed by atoms with E-state index in [9.17, 15) is 29.3 Å². The first-order chi connectivity index (χ1) is 14.3. The molecule has 11 heteroatoms. The molecule has 0 aliphatic carbocycles. The van der Waals surface area contributed by atoms with E-state index in [-0.39, 0.29) is 22.8 Å². The smallest absolute Gasteiger partial charge is 0.320 e. The van der Waals surface area contributed by atoms with Crippen LogP contribution in [0.1, 0.15) is 34.6 Å². The fourth-order valence-corrected chi connectivity index (χ4v) is 3.61. The summed E-state index contributed by atoms with van der Waals surface area (Å²) in [6.07, 6.45) is 0. The number of nitrogens with zero attached hydrogens (tertiary/aromatic N) is 5. The quantitative estimate of drug-likeness (QED) is 0.396. The van der Waals surface area contributed by atoms with Crippen LogP contribution in [0.25, 0.3) is 0 Å². The summed E-state index contributed by atoms with van der Waals surface area (Å²) < 4.78 is 0. The molecule has 5 amide bonds. The molecule has 3 rings (SSSR count). The Morgan fingerprint density at radius 1 is 1.00 bits per heavy atom. The molecule has 1 aromatic carbocycles. The summed E-state index contributed by atoms with van der Waals surface area (Å²) in [5.74, 6) is -1.77. The van der Waals surface area contributed by atoms with Gasteiger partial charge in [0.25, 0.3) is 17.5 Å². The Morgan fingerprint density at radius 2 is 1.57 bits per heavy atom. The lowest BCUT2D eigenvalue weighted by Crippen LogP contribution is -2.55. The minimum Gasteiger partial charge on any atom is -0.338 e. The molecule has 0 spiro atoms. The van der Waals surface area contributed by atoms with Gasteiger partial charge in [-0.2, -0.15) is 0 Å². The number of hydrogen-bond acceptors (Lipinski definition) is 6. The fraction of sp³-hybridized carbons (Fsp3) is 0.474. The predicted molar refractivity (Wildman–Crippen MR) is 105 cm³/mol. The number of piperazine rings is 1. The molecule has 1 fully saturated rings. The van der Waals surface area contributed by atoms with Crippen molar-refractivity contribution in [3.63, 3.8) is 0 Å². The highest BCUT2D eigenvalue weighted by atomic mass is 16.6. The Bertz CT molecular complexity index is 905. The van der Waals surface area contributed by atoms with Crippen molar-refractivity contribution in [3.05, 3.63) is 39.4 Å². The summed E-state index contributed by atoms with van der Waals surface area (Å²) in [5.41, 5.74) is -0.318. The Morgan fingerprint density at radius 3 is 2.13 bits per heavy atom. The highest BCUT2D eigenvalue weighted by molar-refractivity contribution is 6.22. The van der Waals surface area contributed by atoms with E-state index in [4.69, 9.17) is 0 Å². The lowest BCUT2D eigenvalue weighted by atomic mass is 10.1. The van der Waals surface area contributed by atoms with Gasteiger partial charge in [-0.1, -0.05) is 0 Å². The van der Waals surface area contributed by atoms with Gasteiger partial charge in [-0.25, -0.2) is 4.79 Å². The normalized spacial score (nSPS) is 16.0. The Labute approximate surface area is 173 Å². The molecule has 160 valence electrons. The number of nitro groups is 1. The molecule has 1 aromatic rings. The number of amides is 5. The highest BCUT2D eigenvalue weighted by Crippen LogP contribution is 2.26. The molecule has 0 bridgehead atoms. The van der Waals surface area contributed by atoms with Crippen LogP contribution in [0.4, 0.5) is 10.5 Å². The number of benzene rings is 1. The van der Waals surface area contributed by atoms with E-state index in [0.717, 1.165) is 17.0 Å². The van der Waals surface area contributed by atoms with Gasteiger partial charge in [-0.15, -0.1) is 0 Å². The molecular weight excluding hydrogens is 394 g/mol. The summed E-state index contributed by atoms with van der Waals surface area (Å²) >= 11 is 0. The third-order valence-corrected chi connectivity index (χ3v) is 5.40. The van der Waals surface area contributed by atoms with E-state index in [1.165, 1.54) is 11.0 Å². The number of hydrogen-bond donors (Lipinski definition) is 0. The number of carbonyl (C=O) groups is 4. The SMILES string of the molecule is CCN(CC)C(=O)N1CCN(C(=O)CN2C(=O)c3ccc([N+](=O)[O-])cc3C2=O)CC1. The van der Waals surface area contributed by atoms with Gasteiger partial charge < -0.3 is 14.7 Å². The number of rotatable bonds is 5. The summed E-state index contributed by atoms with van der Waals surface area (Å²) in [6, 6.07) is 3.36. The maximum absolute atomic E-state index is 12.7. The van der Waals surface area contributed by atoms with E-state index in [1.54, 1.807) is 9.80 Å². The molecule has 0 atom stereocenters. The summed E-state index contributed by atoms with van der Waals surface area (Å²) in [6.45, 7) is 5.92. The van der Waals surface area contributed by atoms with Crippen LogP contribution >= 0.6 is 0 Å². The molecule has 30 heavy (non-hydrogen) atoms. The summed E-state index contributed by atoms with van der Waals surface area (Å²) in [4.78, 5) is 66.1. The van der Waals surface area contributed by atoms with Crippen LogP contribution in [0.2, 0.25) is 0 Å². The standard InChI is InChI=1S/C19H23N5O6/c1-3-20(4-2)19(28)22-9-7-21(8-10-22)16(25)12-23-17(26)14-6-5-13(24(29)30)11-15(14)18(23)27/h5-6,11H,3-4,7-10,12H2,1-2H3. The predicted octanol–water partition coefficient (Wildman–Crippen LogP) is 0.797. The highest BCUT2D eigenvalue weighted by Gasteiger charge is 2.39. The molecule has 2 aliphatic heterocycles. The van der Waals surface area contributed by atoms with Gasteiger partial charge in [-0.3, -0.25) is 29.4 Å². The molecule has 11 nitrogen and oxygen atoms in total. The van der Waals surface area contributed by atoms with Crippen molar-refractivity contribution in [1.29, 1.82) is 0 Å². The number of nitro benzene ring substituents is 1. The van der Waals surface area contributed by atoms with Gasteiger partial charge in [0.1, 0.15) is 6.54 Å². The van der Waals surface area contributed by atoms with Gasteiger partial charge in [0.05, 0.1) is 16.1 Å². The lowest BCUT2D eigenvalue weighted by Gasteiger charge is -2.37. The van der Waals surface area contributed by atoms with Crippen molar-refractivity contribution in [3.8, 4) is 0 Å². The molecule has 0 saturated carbocycles. The Kier molecular flexibility index (Phi) is 5.99. The lowest BCUT2D eigenvalue weighted by molar-refractivity contribution is -0.384. The Hall–Kier alpha value is -3.50. The van der Waals surface area contributed by atoms with Gasteiger partial charge in [0.15, 0.2) is 0 Å². The van der Waals surface area contributed by atoms with E-state index >= 15 is 0 Å². The van der Waals surface area contributed by atoms with Crippen LogP contribution in [-0.4, -0.2) is 94.1 Å². The second-order valence-electron chi connectivity index (χ2n) is 7.01. The van der Waals surface area contributed by atoms with Crippen LogP contribution < -0.4 is 0 Å². The molecule has 0 aromatic heterocycles. The first kappa shape index (κ1) is 21.2. The summed E-state index contributed by atoms with van der Waals surface area (Å²) in [7, 11) is 0. The third kappa shape index (κ3) is 3.82. The molecule has 0 N–H and O–H groups in total. The molecule has 0 unspecified atom stereocenters. The average Bonchev–Trinajstić information content (AvgIpc) is 2.98. The second kappa shape index (κ2) is 8.47. The van der Waals surface area contributed by atoms with E-state index in [1.807, 2.05) is 13.8 Å². The third-order valence-electron chi connectivity index (χ3n) is 5.40. The zero-order valence-electron chi connectivity index (χ0n) is 16.9. The van der Waals surface area contributed by atoms with Crippen LogP contribution in [0.15, 0.2) is 18.2 Å². The van der Waals surface area contributed by atoms with Crippen molar-refractivity contribution < 1.29 is 24.1 Å². The topological polar surface area (TPSA) is 124 Å². The first-order valence-corrected chi connectivity index (χ1v) is 9.74. The Balaban J connectivity index is 1.62. The van der Waals surface area contributed by atoms with Crippen molar-refractivity contribution in [1.82, 2.24) is 19.6 Å². The van der Waals surface area contributed by atoms with E-state index in [0.29, 0.717) is 39.3 Å². The first-order valence-electron chi connectivity index (χ1n) is 9.74. The summed E-state index contributed by atoms with van der Waals surface area (Å²) in [5, 5.41) is 10.9. The van der Waals surface area contributed by atoms with Crippen LogP contribution in [0, 0.1) is 10.1 Å².